The van der Waals surface area contributed by atoms with Gasteiger partial charge in [0.1, 0.15) is 0 Å². The molecule has 0 fully saturated rings. The van der Waals surface area contributed by atoms with E-state index < -0.39 is 7.27 Å². The van der Waals surface area contributed by atoms with Gasteiger partial charge in [-0.1, -0.05) is 48.5 Å². The Kier molecular flexibility index (Phi) is 5.69. The number of allylic oxidation sites excluding steroid dienone is 1. The molecule has 0 spiro atoms. The zero-order valence-electron chi connectivity index (χ0n) is 13.4. The molecule has 0 aliphatic heterocycles. The molecule has 0 aliphatic carbocycles. The fourth-order valence-corrected chi connectivity index (χ4v) is 2.30. The standard InChI is InChI=1S/C18H18BF2NO/c1-13(12-23-14(2)22-3)16-10-7-11-17(18(16)19(20)21)15-8-5-4-6-9-15/h4-12H,1-3H3/b13-12+,22-14?. The summed E-state index contributed by atoms with van der Waals surface area (Å²) in [7, 11) is -0.968. The summed E-state index contributed by atoms with van der Waals surface area (Å²) in [6.45, 7) is 3.46. The Hall–Kier alpha value is -2.43. The van der Waals surface area contributed by atoms with Crippen molar-refractivity contribution in [3.05, 3.63) is 60.4 Å². The quantitative estimate of drug-likeness (QED) is 0.354. The Morgan fingerprint density at radius 3 is 2.35 bits per heavy atom. The molecule has 0 aromatic heterocycles. The summed E-state index contributed by atoms with van der Waals surface area (Å²) in [6, 6.07) is 14.4. The van der Waals surface area contributed by atoms with E-state index in [1.54, 1.807) is 39.1 Å². The molecule has 0 heterocycles. The van der Waals surface area contributed by atoms with Crippen molar-refractivity contribution in [2.24, 2.45) is 4.99 Å². The maximum Gasteiger partial charge on any atom is 0.573 e. The Bertz CT molecular complexity index is 727. The minimum atomic E-state index is -2.58. The van der Waals surface area contributed by atoms with Crippen LogP contribution in [-0.4, -0.2) is 20.2 Å². The van der Waals surface area contributed by atoms with E-state index in [0.717, 1.165) is 5.56 Å². The molecule has 0 saturated heterocycles. The summed E-state index contributed by atoms with van der Waals surface area (Å²) in [6.07, 6.45) is 1.46. The van der Waals surface area contributed by atoms with E-state index in [-0.39, 0.29) is 5.46 Å². The first kappa shape index (κ1) is 16.9. The van der Waals surface area contributed by atoms with Crippen molar-refractivity contribution in [1.29, 1.82) is 0 Å². The van der Waals surface area contributed by atoms with Crippen LogP contribution in [0.4, 0.5) is 8.63 Å². The van der Waals surface area contributed by atoms with Crippen LogP contribution >= 0.6 is 0 Å². The predicted molar refractivity (Wildman–Crippen MR) is 93.3 cm³/mol. The lowest BCUT2D eigenvalue weighted by Crippen LogP contribution is -2.27. The molecule has 0 N–H and O–H groups in total. The third-order valence-electron chi connectivity index (χ3n) is 3.56. The van der Waals surface area contributed by atoms with Crippen LogP contribution in [0.2, 0.25) is 0 Å². The highest BCUT2D eigenvalue weighted by atomic mass is 19.2. The molecule has 2 aromatic carbocycles. The van der Waals surface area contributed by atoms with E-state index in [9.17, 15) is 8.63 Å². The Morgan fingerprint density at radius 2 is 1.74 bits per heavy atom. The number of ether oxygens (including phenoxy) is 1. The molecule has 0 saturated carbocycles. The smallest absolute Gasteiger partial charge is 0.451 e. The number of hydrogen-bond acceptors (Lipinski definition) is 2. The predicted octanol–water partition coefficient (Wildman–Crippen LogP) is 4.41. The second-order valence-corrected chi connectivity index (χ2v) is 5.09. The monoisotopic (exact) mass is 313 g/mol. The molecular weight excluding hydrogens is 295 g/mol. The molecule has 0 bridgehead atoms. The van der Waals surface area contributed by atoms with Crippen molar-refractivity contribution >= 4 is 24.2 Å². The van der Waals surface area contributed by atoms with Crippen LogP contribution in [0.5, 0.6) is 0 Å². The maximum absolute atomic E-state index is 13.7. The summed E-state index contributed by atoms with van der Waals surface area (Å²) in [5.41, 5.74) is 2.42. The number of nitrogens with zero attached hydrogens (tertiary/aromatic N) is 1. The first-order chi connectivity index (χ1) is 11.0. The van der Waals surface area contributed by atoms with E-state index in [1.165, 1.54) is 6.26 Å². The number of halogens is 2. The van der Waals surface area contributed by atoms with Gasteiger partial charge in [0.25, 0.3) is 0 Å². The van der Waals surface area contributed by atoms with Crippen LogP contribution in [0.15, 0.2) is 59.8 Å². The van der Waals surface area contributed by atoms with Gasteiger partial charge in [-0.3, -0.25) is 13.6 Å². The highest BCUT2D eigenvalue weighted by Gasteiger charge is 2.25. The van der Waals surface area contributed by atoms with Gasteiger partial charge in [-0.15, -0.1) is 0 Å². The van der Waals surface area contributed by atoms with Crippen LogP contribution in [0.3, 0.4) is 0 Å². The van der Waals surface area contributed by atoms with E-state index in [2.05, 4.69) is 4.99 Å². The molecule has 0 unspecified atom stereocenters. The third-order valence-corrected chi connectivity index (χ3v) is 3.56. The third kappa shape index (κ3) is 4.06. The zero-order valence-corrected chi connectivity index (χ0v) is 13.4. The molecule has 118 valence electrons. The molecule has 0 radical (unpaired) electrons. The fourth-order valence-electron chi connectivity index (χ4n) is 2.30. The van der Waals surface area contributed by atoms with Gasteiger partial charge < -0.3 is 4.74 Å². The maximum atomic E-state index is 13.7. The SMILES string of the molecule is CN=C(C)O/C=C(\C)c1cccc(-c2ccccc2)c1B(F)F. The van der Waals surface area contributed by atoms with E-state index in [1.807, 2.05) is 30.3 Å². The van der Waals surface area contributed by atoms with Crippen LogP contribution in [-0.2, 0) is 4.74 Å². The van der Waals surface area contributed by atoms with Crippen molar-refractivity contribution in [1.82, 2.24) is 0 Å². The van der Waals surface area contributed by atoms with Crippen molar-refractivity contribution in [3.8, 4) is 11.1 Å². The summed E-state index contributed by atoms with van der Waals surface area (Å²) < 4.78 is 32.7. The average Bonchev–Trinajstić information content (AvgIpc) is 2.59. The van der Waals surface area contributed by atoms with Crippen LogP contribution in [0, 0.1) is 0 Å². The highest BCUT2D eigenvalue weighted by Crippen LogP contribution is 2.23. The Labute approximate surface area is 135 Å². The topological polar surface area (TPSA) is 21.6 Å². The minimum absolute atomic E-state index is 0.0159. The summed E-state index contributed by atoms with van der Waals surface area (Å²) in [5.74, 6) is 0.474. The van der Waals surface area contributed by atoms with Crippen molar-refractivity contribution in [3.63, 3.8) is 0 Å². The van der Waals surface area contributed by atoms with Crippen LogP contribution in [0.25, 0.3) is 16.7 Å². The second-order valence-electron chi connectivity index (χ2n) is 5.09. The lowest BCUT2D eigenvalue weighted by atomic mass is 9.75. The number of hydrogen-bond donors (Lipinski definition) is 0. The fraction of sp³-hybridized carbons (Fsp3) is 0.167. The van der Waals surface area contributed by atoms with Gasteiger partial charge in [-0.25, -0.2) is 0 Å². The van der Waals surface area contributed by atoms with Gasteiger partial charge in [-0.05, 0) is 29.2 Å². The largest absolute Gasteiger partial charge is 0.573 e. The van der Waals surface area contributed by atoms with Crippen molar-refractivity contribution in [2.45, 2.75) is 13.8 Å². The molecule has 5 heteroatoms. The van der Waals surface area contributed by atoms with Crippen molar-refractivity contribution < 1.29 is 13.4 Å². The van der Waals surface area contributed by atoms with Gasteiger partial charge in [0.05, 0.1) is 6.26 Å². The highest BCUT2D eigenvalue weighted by molar-refractivity contribution is 6.63. The average molecular weight is 313 g/mol. The van der Waals surface area contributed by atoms with Gasteiger partial charge >= 0.3 is 7.27 Å². The zero-order chi connectivity index (χ0) is 16.8. The molecule has 0 aliphatic rings. The molecule has 2 nitrogen and oxygen atoms in total. The van der Waals surface area contributed by atoms with Crippen LogP contribution in [0.1, 0.15) is 19.4 Å². The lowest BCUT2D eigenvalue weighted by molar-refractivity contribution is 0.469. The summed E-state index contributed by atoms with van der Waals surface area (Å²) in [4.78, 5) is 3.88. The molecule has 2 aromatic rings. The minimum Gasteiger partial charge on any atom is -0.451 e. The molecule has 0 atom stereocenters. The number of benzene rings is 2. The van der Waals surface area contributed by atoms with E-state index in [4.69, 9.17) is 4.74 Å². The van der Waals surface area contributed by atoms with Gasteiger partial charge in [0.15, 0.2) is 5.90 Å². The summed E-state index contributed by atoms with van der Waals surface area (Å²) in [5, 5.41) is 0. The Morgan fingerprint density at radius 1 is 1.04 bits per heavy atom. The molecule has 2 rings (SSSR count). The van der Waals surface area contributed by atoms with Gasteiger partial charge in [0, 0.05) is 19.4 Å². The molecular formula is C18H18BF2NO. The first-order valence-corrected chi connectivity index (χ1v) is 7.28. The lowest BCUT2D eigenvalue weighted by Gasteiger charge is -2.14. The molecule has 0 amide bonds. The normalized spacial score (nSPS) is 12.2. The summed E-state index contributed by atoms with van der Waals surface area (Å²) >= 11 is 0. The number of aliphatic imine (C=N–C) groups is 1. The van der Waals surface area contributed by atoms with Gasteiger partial charge in [0.2, 0.25) is 0 Å². The number of rotatable bonds is 4. The second kappa shape index (κ2) is 7.72. The molecule has 23 heavy (non-hydrogen) atoms. The van der Waals surface area contributed by atoms with Crippen LogP contribution < -0.4 is 5.46 Å². The van der Waals surface area contributed by atoms with E-state index >= 15 is 0 Å². The first-order valence-electron chi connectivity index (χ1n) is 7.28. The van der Waals surface area contributed by atoms with E-state index in [0.29, 0.717) is 22.6 Å². The Balaban J connectivity index is 2.53. The van der Waals surface area contributed by atoms with Crippen molar-refractivity contribution in [2.75, 3.05) is 7.05 Å². The van der Waals surface area contributed by atoms with Gasteiger partial charge in [-0.2, -0.15) is 0 Å².